The number of carbonyl (C=O) groups is 2. The largest absolute Gasteiger partial charge is 0.346 e. The molecule has 2 N–H and O–H groups in total. The predicted molar refractivity (Wildman–Crippen MR) is 105 cm³/mol. The Kier molecular flexibility index (Phi) is 7.82. The molecule has 2 aromatic carbocycles. The Hall–Kier alpha value is -1.98. The molecule has 6 heteroatoms. The number of halogens is 1. The van der Waals surface area contributed by atoms with Crippen molar-refractivity contribution in [3.63, 3.8) is 0 Å². The second kappa shape index (κ2) is 10.1. The zero-order valence-corrected chi connectivity index (χ0v) is 15.6. The molecule has 0 unspecified atom stereocenters. The summed E-state index contributed by atoms with van der Waals surface area (Å²) in [5, 5.41) is 6.17. The van der Waals surface area contributed by atoms with Gasteiger partial charge in [0.2, 0.25) is 11.8 Å². The lowest BCUT2D eigenvalue weighted by molar-refractivity contribution is -0.122. The van der Waals surface area contributed by atoms with Crippen LogP contribution in [0, 0.1) is 0 Å². The molecule has 0 heterocycles. The van der Waals surface area contributed by atoms with Crippen molar-refractivity contribution in [2.45, 2.75) is 19.1 Å². The Morgan fingerprint density at radius 3 is 2.48 bits per heavy atom. The number of thioether (sulfide) groups is 1. The summed E-state index contributed by atoms with van der Waals surface area (Å²) in [6.07, 6.45) is 0.837. The first-order valence-electron chi connectivity index (χ1n) is 8.05. The summed E-state index contributed by atoms with van der Waals surface area (Å²) in [4.78, 5) is 23.8. The minimum atomic E-state index is -0.225. The van der Waals surface area contributed by atoms with E-state index in [-0.39, 0.29) is 18.4 Å². The van der Waals surface area contributed by atoms with Crippen molar-refractivity contribution >= 4 is 40.9 Å². The maximum atomic E-state index is 12.0. The van der Waals surface area contributed by atoms with E-state index in [1.165, 1.54) is 11.8 Å². The fourth-order valence-corrected chi connectivity index (χ4v) is 3.16. The van der Waals surface area contributed by atoms with Crippen molar-refractivity contribution in [1.82, 2.24) is 5.32 Å². The number of anilines is 1. The standard InChI is InChI=1S/C19H21ClN2O2S/c1-2-15-5-3-4-6-17(15)22-18(23)11-21-19(24)13-25-12-14-7-9-16(20)10-8-14/h3-10H,2,11-13H2,1H3,(H,21,24)(H,22,23). The molecule has 2 amide bonds. The SMILES string of the molecule is CCc1ccccc1NC(=O)CNC(=O)CSCc1ccc(Cl)cc1. The van der Waals surface area contributed by atoms with Gasteiger partial charge in [0, 0.05) is 16.5 Å². The van der Waals surface area contributed by atoms with E-state index in [2.05, 4.69) is 10.6 Å². The molecule has 25 heavy (non-hydrogen) atoms. The van der Waals surface area contributed by atoms with Crippen LogP contribution in [-0.2, 0) is 21.8 Å². The zero-order valence-electron chi connectivity index (χ0n) is 14.0. The van der Waals surface area contributed by atoms with Crippen LogP contribution in [0.1, 0.15) is 18.1 Å². The summed E-state index contributed by atoms with van der Waals surface area (Å²) in [6.45, 7) is 2.00. The molecule has 0 radical (unpaired) electrons. The number of carbonyl (C=O) groups excluding carboxylic acids is 2. The Balaban J connectivity index is 1.68. The topological polar surface area (TPSA) is 58.2 Å². The molecular formula is C19H21ClN2O2S. The summed E-state index contributed by atoms with van der Waals surface area (Å²) < 4.78 is 0. The van der Waals surface area contributed by atoms with Gasteiger partial charge in [-0.25, -0.2) is 0 Å². The van der Waals surface area contributed by atoms with E-state index in [0.717, 1.165) is 29.0 Å². The second-order valence-corrected chi connectivity index (χ2v) is 6.88. The number of benzene rings is 2. The van der Waals surface area contributed by atoms with Crippen molar-refractivity contribution in [1.29, 1.82) is 0 Å². The maximum Gasteiger partial charge on any atom is 0.243 e. The molecule has 0 spiro atoms. The first kappa shape index (κ1) is 19.3. The van der Waals surface area contributed by atoms with Gasteiger partial charge in [-0.1, -0.05) is 48.9 Å². The summed E-state index contributed by atoms with van der Waals surface area (Å²) in [5.41, 5.74) is 2.97. The molecule has 4 nitrogen and oxygen atoms in total. The molecule has 0 aliphatic heterocycles. The third-order valence-corrected chi connectivity index (χ3v) is 4.79. The van der Waals surface area contributed by atoms with E-state index in [9.17, 15) is 9.59 Å². The van der Waals surface area contributed by atoms with Gasteiger partial charge in [0.25, 0.3) is 0 Å². The van der Waals surface area contributed by atoms with Crippen LogP contribution in [0.2, 0.25) is 5.02 Å². The average molecular weight is 377 g/mol. The predicted octanol–water partition coefficient (Wildman–Crippen LogP) is 3.89. The fourth-order valence-electron chi connectivity index (χ4n) is 2.22. The minimum Gasteiger partial charge on any atom is -0.346 e. The lowest BCUT2D eigenvalue weighted by Crippen LogP contribution is -2.34. The van der Waals surface area contributed by atoms with Crippen molar-refractivity contribution in [2.75, 3.05) is 17.6 Å². The maximum absolute atomic E-state index is 12.0. The molecule has 0 bridgehead atoms. The van der Waals surface area contributed by atoms with Crippen LogP contribution in [0.3, 0.4) is 0 Å². The van der Waals surface area contributed by atoms with Gasteiger partial charge in [-0.2, -0.15) is 0 Å². The lowest BCUT2D eigenvalue weighted by atomic mass is 10.1. The van der Waals surface area contributed by atoms with Crippen LogP contribution in [0.15, 0.2) is 48.5 Å². The van der Waals surface area contributed by atoms with Gasteiger partial charge in [-0.05, 0) is 35.7 Å². The highest BCUT2D eigenvalue weighted by Crippen LogP contribution is 2.16. The highest BCUT2D eigenvalue weighted by Gasteiger charge is 2.08. The summed E-state index contributed by atoms with van der Waals surface area (Å²) in [6, 6.07) is 15.2. The van der Waals surface area contributed by atoms with Gasteiger partial charge in [-0.15, -0.1) is 11.8 Å². The lowest BCUT2D eigenvalue weighted by Gasteiger charge is -2.10. The minimum absolute atomic E-state index is 0.0294. The molecule has 2 aromatic rings. The number of amides is 2. The smallest absolute Gasteiger partial charge is 0.243 e. The highest BCUT2D eigenvalue weighted by molar-refractivity contribution is 7.99. The van der Waals surface area contributed by atoms with E-state index in [0.29, 0.717) is 10.8 Å². The average Bonchev–Trinajstić information content (AvgIpc) is 2.62. The fraction of sp³-hybridized carbons (Fsp3) is 0.263. The molecule has 0 aliphatic carbocycles. The van der Waals surface area contributed by atoms with Gasteiger partial charge in [0.1, 0.15) is 0 Å². The van der Waals surface area contributed by atoms with Crippen LogP contribution in [0.4, 0.5) is 5.69 Å². The Labute approximate surface area is 157 Å². The van der Waals surface area contributed by atoms with Crippen molar-refractivity contribution in [3.8, 4) is 0 Å². The first-order chi connectivity index (χ1) is 12.1. The van der Waals surface area contributed by atoms with Gasteiger partial charge < -0.3 is 10.6 Å². The molecule has 0 atom stereocenters. The van der Waals surface area contributed by atoms with E-state index in [1.807, 2.05) is 55.5 Å². The van der Waals surface area contributed by atoms with Gasteiger partial charge in [0.15, 0.2) is 0 Å². The molecule has 2 rings (SSSR count). The number of rotatable bonds is 8. The van der Waals surface area contributed by atoms with Crippen LogP contribution in [-0.4, -0.2) is 24.1 Å². The van der Waals surface area contributed by atoms with E-state index < -0.39 is 0 Å². The number of nitrogens with one attached hydrogen (secondary N) is 2. The summed E-state index contributed by atoms with van der Waals surface area (Å²) in [5.74, 6) is 0.650. The number of para-hydroxylation sites is 1. The van der Waals surface area contributed by atoms with Crippen LogP contribution in [0.5, 0.6) is 0 Å². The number of hydrogen-bond donors (Lipinski definition) is 2. The van der Waals surface area contributed by atoms with E-state index in [1.54, 1.807) is 0 Å². The van der Waals surface area contributed by atoms with Crippen LogP contribution >= 0.6 is 23.4 Å². The monoisotopic (exact) mass is 376 g/mol. The highest BCUT2D eigenvalue weighted by atomic mass is 35.5. The first-order valence-corrected chi connectivity index (χ1v) is 9.58. The Bertz CT molecular complexity index is 720. The van der Waals surface area contributed by atoms with Crippen molar-refractivity contribution in [3.05, 3.63) is 64.7 Å². The molecule has 0 saturated heterocycles. The molecule has 0 aliphatic rings. The van der Waals surface area contributed by atoms with Crippen molar-refractivity contribution < 1.29 is 9.59 Å². The molecule has 132 valence electrons. The number of hydrogen-bond acceptors (Lipinski definition) is 3. The molecule has 0 aromatic heterocycles. The molecule has 0 fully saturated rings. The molecular weight excluding hydrogens is 356 g/mol. The molecule has 0 saturated carbocycles. The van der Waals surface area contributed by atoms with Gasteiger partial charge in [0.05, 0.1) is 12.3 Å². The normalized spacial score (nSPS) is 10.3. The quantitative estimate of drug-likeness (QED) is 0.734. The van der Waals surface area contributed by atoms with E-state index in [4.69, 9.17) is 11.6 Å². The zero-order chi connectivity index (χ0) is 18.1. The van der Waals surface area contributed by atoms with Crippen molar-refractivity contribution in [2.24, 2.45) is 0 Å². The second-order valence-electron chi connectivity index (χ2n) is 5.45. The Morgan fingerprint density at radius 1 is 1.04 bits per heavy atom. The number of aryl methyl sites for hydroxylation is 1. The Morgan fingerprint density at radius 2 is 1.76 bits per heavy atom. The van der Waals surface area contributed by atoms with Crippen LogP contribution < -0.4 is 10.6 Å². The van der Waals surface area contributed by atoms with Gasteiger partial charge in [-0.3, -0.25) is 9.59 Å². The van der Waals surface area contributed by atoms with Gasteiger partial charge >= 0.3 is 0 Å². The van der Waals surface area contributed by atoms with E-state index >= 15 is 0 Å². The summed E-state index contributed by atoms with van der Waals surface area (Å²) >= 11 is 7.33. The van der Waals surface area contributed by atoms with Crippen LogP contribution in [0.25, 0.3) is 0 Å². The summed E-state index contributed by atoms with van der Waals surface area (Å²) in [7, 11) is 0. The third kappa shape index (κ3) is 6.80. The third-order valence-electron chi connectivity index (χ3n) is 3.53.